The molecule has 1 unspecified atom stereocenters. The Balaban J connectivity index is 1.86. The van der Waals surface area contributed by atoms with Crippen LogP contribution < -0.4 is 10.3 Å². The van der Waals surface area contributed by atoms with E-state index in [2.05, 4.69) is 67.3 Å². The molecule has 1 aromatic rings. The van der Waals surface area contributed by atoms with Gasteiger partial charge in [0.05, 0.1) is 12.8 Å². The normalized spacial score (nSPS) is 18.7. The maximum Gasteiger partial charge on any atom is 0.177 e. The third kappa shape index (κ3) is 4.38. The molecule has 1 aliphatic rings. The van der Waals surface area contributed by atoms with Crippen molar-refractivity contribution in [3.8, 4) is 0 Å². The lowest BCUT2D eigenvalue weighted by Crippen LogP contribution is -2.13. The molecule has 1 atom stereocenters. The van der Waals surface area contributed by atoms with Crippen molar-refractivity contribution in [1.29, 1.82) is 0 Å². The van der Waals surface area contributed by atoms with E-state index in [1.54, 1.807) is 11.8 Å². The highest BCUT2D eigenvalue weighted by molar-refractivity contribution is 14.1. The summed E-state index contributed by atoms with van der Waals surface area (Å²) in [5, 5.41) is 5.74. The van der Waals surface area contributed by atoms with Crippen LogP contribution >= 0.6 is 34.4 Å². The number of hydrogen-bond donors (Lipinski definition) is 1. The first-order chi connectivity index (χ1) is 9.19. The molecule has 6 heteroatoms. The summed E-state index contributed by atoms with van der Waals surface area (Å²) >= 11 is 4.15. The molecule has 0 aliphatic carbocycles. The Hall–Kier alpha value is -0.760. The van der Waals surface area contributed by atoms with E-state index >= 15 is 0 Å². The van der Waals surface area contributed by atoms with Crippen molar-refractivity contribution >= 4 is 51.4 Å². The number of anilines is 1. The van der Waals surface area contributed by atoms with Gasteiger partial charge < -0.3 is 4.90 Å². The predicted molar refractivity (Wildman–Crippen MR) is 94.1 cm³/mol. The van der Waals surface area contributed by atoms with E-state index in [-0.39, 0.29) is 0 Å². The van der Waals surface area contributed by atoms with E-state index in [4.69, 9.17) is 0 Å². The van der Waals surface area contributed by atoms with Gasteiger partial charge in [0.2, 0.25) is 0 Å². The van der Waals surface area contributed by atoms with Gasteiger partial charge in [0, 0.05) is 29.5 Å². The van der Waals surface area contributed by atoms with Crippen LogP contribution in [0.5, 0.6) is 0 Å². The minimum atomic E-state index is 0.595. The maximum atomic E-state index is 4.40. The fourth-order valence-corrected chi connectivity index (χ4v) is 3.18. The van der Waals surface area contributed by atoms with E-state index in [0.717, 1.165) is 21.7 Å². The van der Waals surface area contributed by atoms with E-state index in [0.29, 0.717) is 5.25 Å². The summed E-state index contributed by atoms with van der Waals surface area (Å²) in [5.41, 5.74) is 5.26. The number of hydrazone groups is 1. The molecule has 19 heavy (non-hydrogen) atoms. The number of amidine groups is 1. The number of halogens is 1. The lowest BCUT2D eigenvalue weighted by molar-refractivity contribution is 0.979. The van der Waals surface area contributed by atoms with Crippen molar-refractivity contribution in [2.75, 3.05) is 30.0 Å². The molecular weight excluding hydrogens is 371 g/mol. The van der Waals surface area contributed by atoms with Gasteiger partial charge in [-0.2, -0.15) is 5.10 Å². The topological polar surface area (TPSA) is 40.0 Å². The van der Waals surface area contributed by atoms with Gasteiger partial charge in [-0.15, -0.1) is 0 Å². The third-order valence-electron chi connectivity index (χ3n) is 2.67. The average Bonchev–Trinajstić information content (AvgIpc) is 2.87. The highest BCUT2D eigenvalue weighted by Gasteiger charge is 2.17. The average molecular weight is 388 g/mol. The van der Waals surface area contributed by atoms with Crippen molar-refractivity contribution in [2.45, 2.75) is 5.25 Å². The van der Waals surface area contributed by atoms with Crippen LogP contribution in [0, 0.1) is 0 Å². The molecule has 2 rings (SSSR count). The minimum Gasteiger partial charge on any atom is -0.378 e. The number of nitrogens with one attached hydrogen (secondary N) is 1. The fraction of sp³-hybridized carbons (Fsp3) is 0.385. The van der Waals surface area contributed by atoms with Crippen molar-refractivity contribution in [1.82, 2.24) is 5.43 Å². The summed E-state index contributed by atoms with van der Waals surface area (Å²) in [7, 11) is 4.06. The molecule has 1 aliphatic heterocycles. The molecule has 0 amide bonds. The molecule has 0 fully saturated rings. The van der Waals surface area contributed by atoms with Crippen LogP contribution in [0.1, 0.15) is 5.56 Å². The molecule has 0 aromatic heterocycles. The summed E-state index contributed by atoms with van der Waals surface area (Å²) in [4.78, 5) is 6.48. The first-order valence-electron chi connectivity index (χ1n) is 6.02. The Labute approximate surface area is 131 Å². The second-order valence-electron chi connectivity index (χ2n) is 4.40. The van der Waals surface area contributed by atoms with Crippen LogP contribution in [0.2, 0.25) is 0 Å². The summed E-state index contributed by atoms with van der Waals surface area (Å²) in [5.74, 6) is 0. The van der Waals surface area contributed by atoms with Crippen LogP contribution in [-0.4, -0.2) is 41.7 Å². The summed E-state index contributed by atoms with van der Waals surface area (Å²) in [6.45, 7) is 0.892. The Bertz CT molecular complexity index is 470. The molecule has 4 nitrogen and oxygen atoms in total. The van der Waals surface area contributed by atoms with E-state index < -0.39 is 0 Å². The molecule has 102 valence electrons. The number of thioether (sulfide) groups is 1. The van der Waals surface area contributed by atoms with Crippen LogP contribution in [0.4, 0.5) is 5.69 Å². The van der Waals surface area contributed by atoms with Crippen LogP contribution in [0.15, 0.2) is 34.4 Å². The standard InChI is InChI=1S/C13H17IN4S/c1-18(2)11-5-3-10(4-6-11)8-16-17-13-15-9-12(7-14)19-13/h3-6,8,12H,7,9H2,1-2H3,(H,15,17)/b16-8+. The van der Waals surface area contributed by atoms with Gasteiger partial charge in [0.1, 0.15) is 0 Å². The second-order valence-corrected chi connectivity index (χ2v) is 6.57. The van der Waals surface area contributed by atoms with Crippen LogP contribution in [-0.2, 0) is 0 Å². The van der Waals surface area contributed by atoms with E-state index in [1.165, 1.54) is 5.69 Å². The lowest BCUT2D eigenvalue weighted by atomic mass is 10.2. The number of rotatable bonds is 4. The zero-order chi connectivity index (χ0) is 13.7. The Morgan fingerprint density at radius 1 is 1.47 bits per heavy atom. The van der Waals surface area contributed by atoms with Gasteiger partial charge in [-0.3, -0.25) is 10.4 Å². The van der Waals surface area contributed by atoms with E-state index in [1.807, 2.05) is 20.3 Å². The lowest BCUT2D eigenvalue weighted by Gasteiger charge is -2.11. The molecule has 1 heterocycles. The molecule has 0 saturated carbocycles. The second kappa shape index (κ2) is 7.14. The molecule has 0 saturated heterocycles. The third-order valence-corrected chi connectivity index (χ3v) is 5.43. The van der Waals surface area contributed by atoms with Gasteiger partial charge in [0.15, 0.2) is 5.17 Å². The zero-order valence-corrected chi connectivity index (χ0v) is 14.0. The number of alkyl halides is 1. The quantitative estimate of drug-likeness (QED) is 0.373. The number of hydrogen-bond acceptors (Lipinski definition) is 5. The summed E-state index contributed by atoms with van der Waals surface area (Å²) in [6, 6.07) is 8.26. The monoisotopic (exact) mass is 388 g/mol. The van der Waals surface area contributed by atoms with Gasteiger partial charge in [-0.25, -0.2) is 0 Å². The predicted octanol–water partition coefficient (Wildman–Crippen LogP) is 2.58. The number of aliphatic imine (C=N–C) groups is 1. The summed E-state index contributed by atoms with van der Waals surface area (Å²) < 4.78 is 1.12. The Morgan fingerprint density at radius 3 is 2.79 bits per heavy atom. The van der Waals surface area contributed by atoms with Crippen molar-refractivity contribution in [3.05, 3.63) is 29.8 Å². The highest BCUT2D eigenvalue weighted by Crippen LogP contribution is 2.21. The maximum absolute atomic E-state index is 4.40. The number of benzene rings is 1. The molecular formula is C13H17IN4S. The van der Waals surface area contributed by atoms with Crippen LogP contribution in [0.25, 0.3) is 0 Å². The van der Waals surface area contributed by atoms with Crippen molar-refractivity contribution in [3.63, 3.8) is 0 Å². The van der Waals surface area contributed by atoms with Crippen LogP contribution in [0.3, 0.4) is 0 Å². The number of nitrogens with zero attached hydrogens (tertiary/aromatic N) is 3. The van der Waals surface area contributed by atoms with Crippen molar-refractivity contribution in [2.24, 2.45) is 10.1 Å². The minimum absolute atomic E-state index is 0.595. The zero-order valence-electron chi connectivity index (χ0n) is 11.0. The highest BCUT2D eigenvalue weighted by atomic mass is 127. The van der Waals surface area contributed by atoms with Crippen molar-refractivity contribution < 1.29 is 0 Å². The van der Waals surface area contributed by atoms with Gasteiger partial charge in [0.25, 0.3) is 0 Å². The Kier molecular flexibility index (Phi) is 5.50. The first kappa shape index (κ1) is 14.6. The van der Waals surface area contributed by atoms with Gasteiger partial charge >= 0.3 is 0 Å². The SMILES string of the molecule is CN(C)c1ccc(/C=N/NC2=NCC(CI)S2)cc1. The van der Waals surface area contributed by atoms with Gasteiger partial charge in [-0.1, -0.05) is 46.5 Å². The Morgan fingerprint density at radius 2 is 2.21 bits per heavy atom. The fourth-order valence-electron chi connectivity index (χ4n) is 1.58. The molecule has 1 aromatic carbocycles. The molecule has 0 bridgehead atoms. The summed E-state index contributed by atoms with van der Waals surface area (Å²) in [6.07, 6.45) is 1.82. The molecule has 0 radical (unpaired) electrons. The molecule has 1 N–H and O–H groups in total. The largest absolute Gasteiger partial charge is 0.378 e. The molecule has 0 spiro atoms. The van der Waals surface area contributed by atoms with E-state index in [9.17, 15) is 0 Å². The van der Waals surface area contributed by atoms with Gasteiger partial charge in [-0.05, 0) is 17.7 Å². The smallest absolute Gasteiger partial charge is 0.177 e. The first-order valence-corrected chi connectivity index (χ1v) is 8.43.